The molecule has 3 rings (SSSR count). The van der Waals surface area contributed by atoms with E-state index in [-0.39, 0.29) is 0 Å². The van der Waals surface area contributed by atoms with E-state index in [1.807, 2.05) is 42.8 Å². The van der Waals surface area contributed by atoms with E-state index in [0.29, 0.717) is 0 Å². The SMILES string of the molecule is CCn1nc(C)c2nc(C)nc(Nc3cccc(OC)c3)c21. The first-order valence-electron chi connectivity index (χ1n) is 7.25. The predicted molar refractivity (Wildman–Crippen MR) is 86.7 cm³/mol. The number of benzene rings is 1. The van der Waals surface area contributed by atoms with Crippen LogP contribution in [0.2, 0.25) is 0 Å². The van der Waals surface area contributed by atoms with Crippen molar-refractivity contribution in [3.8, 4) is 5.75 Å². The van der Waals surface area contributed by atoms with Gasteiger partial charge in [0.15, 0.2) is 5.82 Å². The molecule has 0 unspecified atom stereocenters. The molecule has 0 amide bonds. The summed E-state index contributed by atoms with van der Waals surface area (Å²) in [6.45, 7) is 6.68. The number of hydrogen-bond acceptors (Lipinski definition) is 5. The fourth-order valence-electron chi connectivity index (χ4n) is 2.50. The van der Waals surface area contributed by atoms with Crippen LogP contribution in [0, 0.1) is 13.8 Å². The Balaban J connectivity index is 2.13. The number of nitrogens with zero attached hydrogens (tertiary/aromatic N) is 4. The third kappa shape index (κ3) is 2.47. The number of anilines is 2. The van der Waals surface area contributed by atoms with E-state index in [0.717, 1.165) is 46.4 Å². The summed E-state index contributed by atoms with van der Waals surface area (Å²) in [7, 11) is 1.65. The number of fused-ring (bicyclic) bond motifs is 1. The van der Waals surface area contributed by atoms with Crippen LogP contribution in [0.1, 0.15) is 18.4 Å². The average Bonchev–Trinajstić information content (AvgIpc) is 2.84. The van der Waals surface area contributed by atoms with Crippen molar-refractivity contribution in [3.05, 3.63) is 35.8 Å². The second-order valence-electron chi connectivity index (χ2n) is 5.07. The normalized spacial score (nSPS) is 10.9. The quantitative estimate of drug-likeness (QED) is 0.801. The highest BCUT2D eigenvalue weighted by molar-refractivity contribution is 5.89. The highest BCUT2D eigenvalue weighted by Crippen LogP contribution is 2.27. The van der Waals surface area contributed by atoms with Crippen molar-refractivity contribution < 1.29 is 4.74 Å². The van der Waals surface area contributed by atoms with Gasteiger partial charge in [-0.15, -0.1) is 0 Å². The molecule has 0 radical (unpaired) electrons. The lowest BCUT2D eigenvalue weighted by atomic mass is 10.3. The molecule has 6 heteroatoms. The smallest absolute Gasteiger partial charge is 0.160 e. The van der Waals surface area contributed by atoms with Gasteiger partial charge < -0.3 is 10.1 Å². The second-order valence-corrected chi connectivity index (χ2v) is 5.07. The first-order chi connectivity index (χ1) is 10.6. The molecule has 0 fully saturated rings. The van der Waals surface area contributed by atoms with Crippen LogP contribution in [-0.4, -0.2) is 26.9 Å². The number of rotatable bonds is 4. The fourth-order valence-corrected chi connectivity index (χ4v) is 2.50. The molecule has 0 aliphatic heterocycles. The lowest BCUT2D eigenvalue weighted by Gasteiger charge is -2.10. The molecule has 0 aliphatic carbocycles. The molecular formula is C16H19N5O. The maximum Gasteiger partial charge on any atom is 0.160 e. The Morgan fingerprint density at radius 2 is 2.05 bits per heavy atom. The Kier molecular flexibility index (Phi) is 3.66. The molecule has 2 aromatic heterocycles. The van der Waals surface area contributed by atoms with Crippen molar-refractivity contribution in [2.24, 2.45) is 0 Å². The van der Waals surface area contributed by atoms with Gasteiger partial charge >= 0.3 is 0 Å². The molecule has 22 heavy (non-hydrogen) atoms. The van der Waals surface area contributed by atoms with Crippen LogP contribution in [0.15, 0.2) is 24.3 Å². The van der Waals surface area contributed by atoms with E-state index < -0.39 is 0 Å². The molecule has 0 bridgehead atoms. The van der Waals surface area contributed by atoms with Crippen molar-refractivity contribution in [3.63, 3.8) is 0 Å². The second kappa shape index (κ2) is 5.63. The van der Waals surface area contributed by atoms with Gasteiger partial charge in [0.25, 0.3) is 0 Å². The highest BCUT2D eigenvalue weighted by Gasteiger charge is 2.15. The minimum Gasteiger partial charge on any atom is -0.497 e. The number of ether oxygens (including phenoxy) is 1. The van der Waals surface area contributed by atoms with Gasteiger partial charge in [-0.05, 0) is 32.9 Å². The van der Waals surface area contributed by atoms with E-state index in [4.69, 9.17) is 4.74 Å². The van der Waals surface area contributed by atoms with Gasteiger partial charge in [0.2, 0.25) is 0 Å². The minimum atomic E-state index is 0.719. The molecule has 2 heterocycles. The standard InChI is InChI=1S/C16H19N5O/c1-5-21-15-14(10(2)20-21)17-11(3)18-16(15)19-12-7-6-8-13(9-12)22-4/h6-9H,5H2,1-4H3,(H,17,18,19). The Labute approximate surface area is 129 Å². The van der Waals surface area contributed by atoms with Gasteiger partial charge in [0.05, 0.1) is 12.8 Å². The van der Waals surface area contributed by atoms with Crippen LogP contribution in [0.25, 0.3) is 11.0 Å². The van der Waals surface area contributed by atoms with E-state index in [2.05, 4.69) is 27.3 Å². The molecule has 0 aliphatic rings. The molecule has 0 atom stereocenters. The summed E-state index contributed by atoms with van der Waals surface area (Å²) in [6.07, 6.45) is 0. The lowest BCUT2D eigenvalue weighted by Crippen LogP contribution is -2.03. The van der Waals surface area contributed by atoms with E-state index in [1.54, 1.807) is 7.11 Å². The largest absolute Gasteiger partial charge is 0.497 e. The van der Waals surface area contributed by atoms with Crippen LogP contribution < -0.4 is 10.1 Å². The van der Waals surface area contributed by atoms with Crippen molar-refractivity contribution in [1.82, 2.24) is 19.7 Å². The molecule has 6 nitrogen and oxygen atoms in total. The zero-order valence-electron chi connectivity index (χ0n) is 13.2. The van der Waals surface area contributed by atoms with E-state index in [1.165, 1.54) is 0 Å². The zero-order valence-corrected chi connectivity index (χ0v) is 13.2. The number of nitrogens with one attached hydrogen (secondary N) is 1. The summed E-state index contributed by atoms with van der Waals surface area (Å²) >= 11 is 0. The number of methoxy groups -OCH3 is 1. The van der Waals surface area contributed by atoms with Gasteiger partial charge in [0, 0.05) is 18.3 Å². The maximum absolute atomic E-state index is 5.26. The Hall–Kier alpha value is -2.63. The summed E-state index contributed by atoms with van der Waals surface area (Å²) in [5, 5.41) is 7.89. The third-order valence-corrected chi connectivity index (χ3v) is 3.50. The molecule has 3 aromatic rings. The maximum atomic E-state index is 5.26. The Morgan fingerprint density at radius 1 is 1.23 bits per heavy atom. The number of hydrogen-bond donors (Lipinski definition) is 1. The average molecular weight is 297 g/mol. The molecule has 114 valence electrons. The molecule has 0 saturated carbocycles. The molecule has 1 N–H and O–H groups in total. The summed E-state index contributed by atoms with van der Waals surface area (Å²) in [5.41, 5.74) is 3.64. The minimum absolute atomic E-state index is 0.719. The monoisotopic (exact) mass is 297 g/mol. The first kappa shape index (κ1) is 14.3. The van der Waals surface area contributed by atoms with Gasteiger partial charge in [-0.25, -0.2) is 9.97 Å². The van der Waals surface area contributed by atoms with Crippen LogP contribution in [-0.2, 0) is 6.54 Å². The zero-order chi connectivity index (χ0) is 15.7. The first-order valence-corrected chi connectivity index (χ1v) is 7.25. The molecule has 0 spiro atoms. The summed E-state index contributed by atoms with van der Waals surface area (Å²) < 4.78 is 7.19. The summed E-state index contributed by atoms with van der Waals surface area (Å²) in [4.78, 5) is 9.07. The number of aryl methyl sites for hydroxylation is 3. The molecule has 1 aromatic carbocycles. The van der Waals surface area contributed by atoms with Gasteiger partial charge in [-0.2, -0.15) is 5.10 Å². The van der Waals surface area contributed by atoms with E-state index >= 15 is 0 Å². The lowest BCUT2D eigenvalue weighted by molar-refractivity contribution is 0.415. The Morgan fingerprint density at radius 3 is 2.77 bits per heavy atom. The third-order valence-electron chi connectivity index (χ3n) is 3.50. The molecular weight excluding hydrogens is 278 g/mol. The van der Waals surface area contributed by atoms with Crippen LogP contribution in [0.4, 0.5) is 11.5 Å². The summed E-state index contributed by atoms with van der Waals surface area (Å²) in [6, 6.07) is 7.76. The van der Waals surface area contributed by atoms with Crippen LogP contribution in [0.3, 0.4) is 0 Å². The van der Waals surface area contributed by atoms with Crippen molar-refractivity contribution in [1.29, 1.82) is 0 Å². The van der Waals surface area contributed by atoms with Gasteiger partial charge in [-0.1, -0.05) is 6.07 Å². The van der Waals surface area contributed by atoms with Crippen LogP contribution in [0.5, 0.6) is 5.75 Å². The predicted octanol–water partition coefficient (Wildman–Crippen LogP) is 3.22. The van der Waals surface area contributed by atoms with Crippen molar-refractivity contribution in [2.75, 3.05) is 12.4 Å². The van der Waals surface area contributed by atoms with E-state index in [9.17, 15) is 0 Å². The molecule has 0 saturated heterocycles. The Bertz CT molecular complexity index is 825. The van der Waals surface area contributed by atoms with Crippen LogP contribution >= 0.6 is 0 Å². The number of aromatic nitrogens is 4. The van der Waals surface area contributed by atoms with Crippen molar-refractivity contribution >= 4 is 22.5 Å². The topological polar surface area (TPSA) is 64.9 Å². The highest BCUT2D eigenvalue weighted by atomic mass is 16.5. The fraction of sp³-hybridized carbons (Fsp3) is 0.312. The van der Waals surface area contributed by atoms with Crippen molar-refractivity contribution in [2.45, 2.75) is 27.3 Å². The summed E-state index contributed by atoms with van der Waals surface area (Å²) in [5.74, 6) is 2.28. The van der Waals surface area contributed by atoms with Gasteiger partial charge in [-0.3, -0.25) is 4.68 Å². The van der Waals surface area contributed by atoms with Gasteiger partial charge in [0.1, 0.15) is 22.6 Å².